The molecule has 2 nitrogen and oxygen atoms in total. The van der Waals surface area contributed by atoms with Crippen LogP contribution in [0.4, 0.5) is 0 Å². The first-order valence-electron chi connectivity index (χ1n) is 19.4. The molecule has 0 fully saturated rings. The van der Waals surface area contributed by atoms with Gasteiger partial charge in [0.1, 0.15) is 22.5 Å². The Bertz CT molecular complexity index is 3150. The highest BCUT2D eigenvalue weighted by molar-refractivity contribution is 6.06. The summed E-state index contributed by atoms with van der Waals surface area (Å²) < 4.78 is 12.5. The molecule has 264 valence electrons. The van der Waals surface area contributed by atoms with Crippen molar-refractivity contribution in [2.45, 2.75) is 12.8 Å². The van der Waals surface area contributed by atoms with Gasteiger partial charge in [0, 0.05) is 21.7 Å². The molecule has 2 aromatic heterocycles. The fourth-order valence-electron chi connectivity index (χ4n) is 8.46. The predicted octanol–water partition coefficient (Wildman–Crippen LogP) is 15.3. The molecule has 0 atom stereocenters. The van der Waals surface area contributed by atoms with Crippen LogP contribution >= 0.6 is 0 Å². The zero-order valence-corrected chi connectivity index (χ0v) is 30.7. The third-order valence-corrected chi connectivity index (χ3v) is 11.3. The molecule has 10 aromatic rings. The molecule has 0 saturated carbocycles. The molecule has 1 aliphatic rings. The van der Waals surface area contributed by atoms with Gasteiger partial charge in [-0.2, -0.15) is 0 Å². The van der Waals surface area contributed by atoms with Crippen LogP contribution in [0, 0.1) is 0 Å². The summed E-state index contributed by atoms with van der Waals surface area (Å²) in [5.74, 6) is 1.00. The molecule has 11 rings (SSSR count). The zero-order chi connectivity index (χ0) is 37.0. The standard InChI is InChI=1S/C54H36O2/c1-3-22-51-47(20-1)49-26-24-45(33-53(49)55-51)43-18-8-16-41(31-43)39-14-6-12-37(29-39)35-10-5-11-36(28-35)38-13-7-15-40(30-38)42-17-9-19-44(32-42)46-25-27-50-48-21-2-4-23-52(48)56-54(50)34-46/h1,3-20,22-34H,2,21H2. The Hall–Kier alpha value is -7.16. The average molecular weight is 717 g/mol. The Morgan fingerprint density at radius 2 is 0.696 bits per heavy atom. The van der Waals surface area contributed by atoms with Crippen molar-refractivity contribution < 1.29 is 8.83 Å². The molecule has 0 radical (unpaired) electrons. The van der Waals surface area contributed by atoms with E-state index in [4.69, 9.17) is 8.83 Å². The minimum atomic E-state index is 0.911. The van der Waals surface area contributed by atoms with Crippen molar-refractivity contribution >= 4 is 39.0 Å². The van der Waals surface area contributed by atoms with E-state index in [-0.39, 0.29) is 0 Å². The van der Waals surface area contributed by atoms with Gasteiger partial charge >= 0.3 is 0 Å². The second kappa shape index (κ2) is 13.3. The van der Waals surface area contributed by atoms with E-state index in [2.05, 4.69) is 182 Å². The van der Waals surface area contributed by atoms with Crippen molar-refractivity contribution in [3.8, 4) is 66.8 Å². The van der Waals surface area contributed by atoms with Crippen LogP contribution in [-0.4, -0.2) is 0 Å². The molecule has 0 spiro atoms. The highest BCUT2D eigenvalue weighted by atomic mass is 16.3. The second-order valence-corrected chi connectivity index (χ2v) is 14.8. The molecule has 0 saturated heterocycles. The van der Waals surface area contributed by atoms with Gasteiger partial charge in [-0.05, 0) is 140 Å². The van der Waals surface area contributed by atoms with E-state index < -0.39 is 0 Å². The maximum Gasteiger partial charge on any atom is 0.136 e. The van der Waals surface area contributed by atoms with Gasteiger partial charge in [-0.25, -0.2) is 0 Å². The van der Waals surface area contributed by atoms with Crippen molar-refractivity contribution in [3.05, 3.63) is 199 Å². The van der Waals surface area contributed by atoms with Crippen molar-refractivity contribution in [3.63, 3.8) is 0 Å². The van der Waals surface area contributed by atoms with Gasteiger partial charge in [-0.1, -0.05) is 133 Å². The van der Waals surface area contributed by atoms with Crippen LogP contribution < -0.4 is 0 Å². The van der Waals surface area contributed by atoms with Crippen LogP contribution in [0.25, 0.3) is 106 Å². The number of para-hydroxylation sites is 1. The molecule has 0 N–H and O–H groups in total. The van der Waals surface area contributed by atoms with E-state index >= 15 is 0 Å². The second-order valence-electron chi connectivity index (χ2n) is 14.8. The average Bonchev–Trinajstić information content (AvgIpc) is 3.84. The lowest BCUT2D eigenvalue weighted by Gasteiger charge is -2.11. The Morgan fingerprint density at radius 3 is 1.18 bits per heavy atom. The molecule has 0 amide bonds. The number of rotatable bonds is 6. The maximum absolute atomic E-state index is 6.25. The SMILES string of the molecule is C1=Cc2oc3cc(-c4cccc(-c5cccc(-c6cccc(-c7cccc(-c8cccc(-c9ccc%10c(c9)oc9ccccc9%10)c8)c7)c6)c5)c4)ccc3c2CC1. The minimum absolute atomic E-state index is 0.911. The first kappa shape index (κ1) is 32.3. The van der Waals surface area contributed by atoms with Crippen molar-refractivity contribution in [2.75, 3.05) is 0 Å². The third-order valence-electron chi connectivity index (χ3n) is 11.3. The fourth-order valence-corrected chi connectivity index (χ4v) is 8.46. The molecular weight excluding hydrogens is 681 g/mol. The molecule has 56 heavy (non-hydrogen) atoms. The summed E-state index contributed by atoms with van der Waals surface area (Å²) in [6.45, 7) is 0. The molecule has 0 unspecified atom stereocenters. The Labute approximate surface area is 325 Å². The Kier molecular flexibility index (Phi) is 7.67. The number of fused-ring (bicyclic) bond motifs is 6. The lowest BCUT2D eigenvalue weighted by Crippen LogP contribution is -1.89. The molecular formula is C54H36O2. The highest BCUT2D eigenvalue weighted by Crippen LogP contribution is 2.37. The summed E-state index contributed by atoms with van der Waals surface area (Å²) in [6.07, 6.45) is 6.42. The van der Waals surface area contributed by atoms with Crippen LogP contribution in [0.1, 0.15) is 17.7 Å². The largest absolute Gasteiger partial charge is 0.456 e. The molecule has 8 aromatic carbocycles. The van der Waals surface area contributed by atoms with Gasteiger partial charge in [0.2, 0.25) is 0 Å². The van der Waals surface area contributed by atoms with Crippen LogP contribution in [0.3, 0.4) is 0 Å². The lowest BCUT2D eigenvalue weighted by atomic mass is 9.93. The minimum Gasteiger partial charge on any atom is -0.456 e. The summed E-state index contributed by atoms with van der Waals surface area (Å²) in [6, 6.07) is 65.6. The first-order valence-corrected chi connectivity index (χ1v) is 19.4. The zero-order valence-electron chi connectivity index (χ0n) is 30.7. The summed E-state index contributed by atoms with van der Waals surface area (Å²) in [5, 5.41) is 3.53. The van der Waals surface area contributed by atoms with Crippen LogP contribution in [0.5, 0.6) is 0 Å². The summed E-state index contributed by atoms with van der Waals surface area (Å²) >= 11 is 0. The molecule has 1 aliphatic carbocycles. The van der Waals surface area contributed by atoms with E-state index in [0.29, 0.717) is 0 Å². The van der Waals surface area contributed by atoms with Gasteiger partial charge in [0.25, 0.3) is 0 Å². The van der Waals surface area contributed by atoms with Gasteiger partial charge in [0.05, 0.1) is 0 Å². The van der Waals surface area contributed by atoms with Gasteiger partial charge < -0.3 is 8.83 Å². The van der Waals surface area contributed by atoms with Crippen LogP contribution in [0.15, 0.2) is 197 Å². The monoisotopic (exact) mass is 716 g/mol. The number of hydrogen-bond acceptors (Lipinski definition) is 2. The molecule has 0 aliphatic heterocycles. The van der Waals surface area contributed by atoms with Crippen molar-refractivity contribution in [1.82, 2.24) is 0 Å². The number of aryl methyl sites for hydroxylation is 1. The number of allylic oxidation sites excluding steroid dienone is 1. The quantitative estimate of drug-likeness (QED) is 0.171. The Morgan fingerprint density at radius 1 is 0.304 bits per heavy atom. The van der Waals surface area contributed by atoms with Crippen molar-refractivity contribution in [1.29, 1.82) is 0 Å². The first-order chi connectivity index (χ1) is 27.7. The van der Waals surface area contributed by atoms with E-state index in [1.54, 1.807) is 0 Å². The van der Waals surface area contributed by atoms with Gasteiger partial charge in [-0.15, -0.1) is 0 Å². The number of benzene rings is 8. The van der Waals surface area contributed by atoms with E-state index in [1.165, 1.54) is 61.0 Å². The van der Waals surface area contributed by atoms with Crippen LogP contribution in [-0.2, 0) is 6.42 Å². The Balaban J connectivity index is 0.874. The maximum atomic E-state index is 6.25. The normalized spacial score (nSPS) is 12.4. The topological polar surface area (TPSA) is 26.3 Å². The fraction of sp³-hybridized carbons (Fsp3) is 0.0370. The number of furan rings is 2. The van der Waals surface area contributed by atoms with E-state index in [9.17, 15) is 0 Å². The molecule has 2 heterocycles. The summed E-state index contributed by atoms with van der Waals surface area (Å²) in [5.41, 5.74) is 18.3. The molecule has 0 bridgehead atoms. The van der Waals surface area contributed by atoms with Crippen molar-refractivity contribution in [2.24, 2.45) is 0 Å². The molecule has 2 heteroatoms. The van der Waals surface area contributed by atoms with Gasteiger partial charge in [0.15, 0.2) is 0 Å². The van der Waals surface area contributed by atoms with Crippen LogP contribution in [0.2, 0.25) is 0 Å². The van der Waals surface area contributed by atoms with E-state index in [0.717, 1.165) is 62.8 Å². The predicted molar refractivity (Wildman–Crippen MR) is 233 cm³/mol. The third kappa shape index (κ3) is 5.75. The summed E-state index contributed by atoms with van der Waals surface area (Å²) in [4.78, 5) is 0. The van der Waals surface area contributed by atoms with Gasteiger partial charge in [-0.3, -0.25) is 0 Å². The smallest absolute Gasteiger partial charge is 0.136 e. The summed E-state index contributed by atoms with van der Waals surface area (Å²) in [7, 11) is 0. The van der Waals surface area contributed by atoms with E-state index in [1.807, 2.05) is 12.1 Å². The highest BCUT2D eigenvalue weighted by Gasteiger charge is 2.16. The number of hydrogen-bond donors (Lipinski definition) is 0. The lowest BCUT2D eigenvalue weighted by molar-refractivity contribution is 0.595.